The summed E-state index contributed by atoms with van der Waals surface area (Å²) in [5, 5.41) is 3.45. The number of aryl methyl sites for hydroxylation is 1. The molecular formula is C13H23N3S. The van der Waals surface area contributed by atoms with E-state index in [9.17, 15) is 0 Å². The van der Waals surface area contributed by atoms with Crippen LogP contribution in [0.1, 0.15) is 29.8 Å². The van der Waals surface area contributed by atoms with Gasteiger partial charge in [-0.25, -0.2) is 4.98 Å². The van der Waals surface area contributed by atoms with E-state index < -0.39 is 0 Å². The van der Waals surface area contributed by atoms with E-state index in [4.69, 9.17) is 0 Å². The number of aromatic nitrogens is 1. The number of nitrogens with zero attached hydrogens (tertiary/aromatic N) is 2. The highest BCUT2D eigenvalue weighted by Crippen LogP contribution is 2.26. The molecule has 1 aromatic heterocycles. The zero-order valence-corrected chi connectivity index (χ0v) is 11.9. The highest BCUT2D eigenvalue weighted by atomic mass is 32.1. The van der Waals surface area contributed by atoms with Crippen LogP contribution in [-0.4, -0.2) is 36.6 Å². The molecule has 0 amide bonds. The van der Waals surface area contributed by atoms with Gasteiger partial charge in [0.25, 0.3) is 0 Å². The van der Waals surface area contributed by atoms with Gasteiger partial charge < -0.3 is 10.2 Å². The van der Waals surface area contributed by atoms with Gasteiger partial charge in [-0.2, -0.15) is 0 Å². The lowest BCUT2D eigenvalue weighted by Crippen LogP contribution is -2.36. The lowest BCUT2D eigenvalue weighted by atomic mass is 10.0. The number of rotatable bonds is 5. The van der Waals surface area contributed by atoms with Crippen molar-refractivity contribution in [2.75, 3.05) is 20.6 Å². The van der Waals surface area contributed by atoms with Crippen molar-refractivity contribution in [2.24, 2.45) is 5.92 Å². The average molecular weight is 253 g/mol. The molecule has 1 aromatic rings. The molecule has 1 aliphatic carbocycles. The van der Waals surface area contributed by atoms with Crippen LogP contribution in [0.4, 0.5) is 0 Å². The number of nitrogens with one attached hydrogen (secondary N) is 1. The van der Waals surface area contributed by atoms with Crippen LogP contribution in [0.25, 0.3) is 0 Å². The molecule has 2 atom stereocenters. The molecule has 0 radical (unpaired) electrons. The topological polar surface area (TPSA) is 28.2 Å². The minimum Gasteiger partial charge on any atom is -0.317 e. The summed E-state index contributed by atoms with van der Waals surface area (Å²) < 4.78 is 0. The van der Waals surface area contributed by atoms with Crippen LogP contribution >= 0.6 is 11.3 Å². The van der Waals surface area contributed by atoms with E-state index in [-0.39, 0.29) is 0 Å². The second-order valence-corrected chi connectivity index (χ2v) is 6.08. The van der Waals surface area contributed by atoms with E-state index >= 15 is 0 Å². The lowest BCUT2D eigenvalue weighted by Gasteiger charge is -2.25. The monoisotopic (exact) mass is 253 g/mol. The maximum atomic E-state index is 4.31. The van der Waals surface area contributed by atoms with Gasteiger partial charge in [-0.1, -0.05) is 6.42 Å². The third-order valence-electron chi connectivity index (χ3n) is 3.83. The highest BCUT2D eigenvalue weighted by molar-refractivity contribution is 7.09. The Bertz CT molecular complexity index is 350. The fourth-order valence-electron chi connectivity index (χ4n) is 2.82. The van der Waals surface area contributed by atoms with E-state index in [1.54, 1.807) is 11.3 Å². The van der Waals surface area contributed by atoms with Gasteiger partial charge in [0, 0.05) is 24.0 Å². The molecule has 4 heteroatoms. The first-order valence-electron chi connectivity index (χ1n) is 6.45. The molecule has 1 fully saturated rings. The predicted octanol–water partition coefficient (Wildman–Crippen LogP) is 2.27. The Morgan fingerprint density at radius 3 is 3.00 bits per heavy atom. The lowest BCUT2D eigenvalue weighted by molar-refractivity contribution is 0.250. The molecule has 1 heterocycles. The van der Waals surface area contributed by atoms with Crippen LogP contribution in [0, 0.1) is 12.8 Å². The minimum absolute atomic E-state index is 0.722. The van der Waals surface area contributed by atoms with Crippen LogP contribution in [0.2, 0.25) is 0 Å². The fourth-order valence-corrected chi connectivity index (χ4v) is 3.68. The SMILES string of the molecule is CNC1CCCC1CN(C)Cc1scnc1C. The zero-order valence-electron chi connectivity index (χ0n) is 11.1. The Balaban J connectivity index is 1.85. The van der Waals surface area contributed by atoms with Gasteiger partial charge in [-0.15, -0.1) is 11.3 Å². The summed E-state index contributed by atoms with van der Waals surface area (Å²) in [6.07, 6.45) is 4.09. The maximum Gasteiger partial charge on any atom is 0.0798 e. The summed E-state index contributed by atoms with van der Waals surface area (Å²) in [4.78, 5) is 8.17. The van der Waals surface area contributed by atoms with Crippen LogP contribution in [0.15, 0.2) is 5.51 Å². The standard InChI is InChI=1S/C13H23N3S/c1-10-13(17-9-15-10)8-16(3)7-11-5-4-6-12(11)14-2/h9,11-12,14H,4-8H2,1-3H3. The summed E-state index contributed by atoms with van der Waals surface area (Å²) in [5.41, 5.74) is 3.14. The molecule has 0 bridgehead atoms. The molecule has 1 aliphatic rings. The Morgan fingerprint density at radius 1 is 1.53 bits per heavy atom. The Kier molecular flexibility index (Phi) is 4.54. The third kappa shape index (κ3) is 3.27. The molecule has 0 spiro atoms. The molecule has 0 saturated heterocycles. The van der Waals surface area contributed by atoms with Crippen molar-refractivity contribution in [3.63, 3.8) is 0 Å². The number of hydrogen-bond donors (Lipinski definition) is 1. The van der Waals surface area contributed by atoms with Crippen LogP contribution in [0.3, 0.4) is 0 Å². The number of hydrogen-bond acceptors (Lipinski definition) is 4. The van der Waals surface area contributed by atoms with E-state index in [1.807, 2.05) is 5.51 Å². The van der Waals surface area contributed by atoms with Crippen LogP contribution in [0.5, 0.6) is 0 Å². The summed E-state index contributed by atoms with van der Waals surface area (Å²) in [5.74, 6) is 0.818. The molecule has 1 N–H and O–H groups in total. The van der Waals surface area contributed by atoms with Crippen molar-refractivity contribution in [3.8, 4) is 0 Å². The smallest absolute Gasteiger partial charge is 0.0798 e. The molecule has 17 heavy (non-hydrogen) atoms. The van der Waals surface area contributed by atoms with Crippen molar-refractivity contribution in [1.82, 2.24) is 15.2 Å². The van der Waals surface area contributed by atoms with Gasteiger partial charge in [0.15, 0.2) is 0 Å². The highest BCUT2D eigenvalue weighted by Gasteiger charge is 2.26. The third-order valence-corrected chi connectivity index (χ3v) is 4.75. The first-order valence-corrected chi connectivity index (χ1v) is 7.33. The van der Waals surface area contributed by atoms with Gasteiger partial charge >= 0.3 is 0 Å². The normalized spacial score (nSPS) is 24.7. The molecule has 0 aliphatic heterocycles. The van der Waals surface area contributed by atoms with Gasteiger partial charge in [0.1, 0.15) is 0 Å². The fraction of sp³-hybridized carbons (Fsp3) is 0.769. The van der Waals surface area contributed by atoms with Crippen LogP contribution in [-0.2, 0) is 6.54 Å². The predicted molar refractivity (Wildman–Crippen MR) is 73.4 cm³/mol. The largest absolute Gasteiger partial charge is 0.317 e. The maximum absolute atomic E-state index is 4.31. The van der Waals surface area contributed by atoms with Crippen molar-refractivity contribution >= 4 is 11.3 Å². The molecule has 2 unspecified atom stereocenters. The number of thiazole rings is 1. The van der Waals surface area contributed by atoms with Crippen LogP contribution < -0.4 is 5.32 Å². The van der Waals surface area contributed by atoms with Gasteiger partial charge in [0.05, 0.1) is 11.2 Å². The Labute approximate surface area is 108 Å². The summed E-state index contributed by atoms with van der Waals surface area (Å²) in [6.45, 7) is 4.35. The molecule has 0 aromatic carbocycles. The van der Waals surface area contributed by atoms with Crippen molar-refractivity contribution < 1.29 is 0 Å². The molecule has 2 rings (SSSR count). The molecular weight excluding hydrogens is 230 g/mol. The molecule has 96 valence electrons. The van der Waals surface area contributed by atoms with E-state index in [0.29, 0.717) is 0 Å². The van der Waals surface area contributed by atoms with Crippen molar-refractivity contribution in [3.05, 3.63) is 16.1 Å². The molecule has 3 nitrogen and oxygen atoms in total. The Hall–Kier alpha value is -0.450. The first kappa shape index (κ1) is 13.0. The van der Waals surface area contributed by atoms with Crippen molar-refractivity contribution in [2.45, 2.75) is 38.8 Å². The second kappa shape index (κ2) is 5.94. The summed E-state index contributed by atoms with van der Waals surface area (Å²) in [6, 6.07) is 0.722. The van der Waals surface area contributed by atoms with E-state index in [2.05, 4.69) is 36.2 Å². The van der Waals surface area contributed by atoms with Crippen molar-refractivity contribution in [1.29, 1.82) is 0 Å². The summed E-state index contributed by atoms with van der Waals surface area (Å²) in [7, 11) is 4.32. The summed E-state index contributed by atoms with van der Waals surface area (Å²) >= 11 is 1.77. The van der Waals surface area contributed by atoms with Gasteiger partial charge in [0.2, 0.25) is 0 Å². The van der Waals surface area contributed by atoms with Gasteiger partial charge in [-0.3, -0.25) is 0 Å². The van der Waals surface area contributed by atoms with E-state index in [1.165, 1.54) is 36.4 Å². The average Bonchev–Trinajstić information content (AvgIpc) is 2.89. The Morgan fingerprint density at radius 2 is 2.35 bits per heavy atom. The quantitative estimate of drug-likeness (QED) is 0.872. The minimum atomic E-state index is 0.722. The molecule has 1 saturated carbocycles. The zero-order chi connectivity index (χ0) is 12.3. The van der Waals surface area contributed by atoms with Gasteiger partial charge in [-0.05, 0) is 39.8 Å². The van der Waals surface area contributed by atoms with E-state index in [0.717, 1.165) is 18.5 Å². The second-order valence-electron chi connectivity index (χ2n) is 5.14. The first-order chi connectivity index (χ1) is 8.20.